The number of thiazole rings is 1. The Balaban J connectivity index is 1.73. The molecule has 0 amide bonds. The van der Waals surface area contributed by atoms with Gasteiger partial charge in [-0.1, -0.05) is 23.7 Å². The number of hydrogen-bond acceptors (Lipinski definition) is 6. The molecule has 0 saturated carbocycles. The Bertz CT molecular complexity index is 1040. The molecule has 4 aromatic rings. The zero-order valence-electron chi connectivity index (χ0n) is 14.2. The van der Waals surface area contributed by atoms with Gasteiger partial charge in [0.15, 0.2) is 10.2 Å². The van der Waals surface area contributed by atoms with Crippen LogP contribution in [0.25, 0.3) is 16.7 Å². The van der Waals surface area contributed by atoms with Crippen LogP contribution in [0.2, 0.25) is 4.47 Å². The lowest BCUT2D eigenvalue weighted by Crippen LogP contribution is -2.06. The zero-order valence-corrected chi connectivity index (χ0v) is 15.8. The van der Waals surface area contributed by atoms with E-state index in [1.54, 1.807) is 18.1 Å². The SMILES string of the molecule is COc1c(NCc2cnc(Cl)s2)cc(C)cc1-n1nc2ccccc2n1. The van der Waals surface area contributed by atoms with E-state index in [2.05, 4.69) is 20.5 Å². The van der Waals surface area contributed by atoms with Crippen LogP contribution in [-0.4, -0.2) is 27.1 Å². The monoisotopic (exact) mass is 385 g/mol. The summed E-state index contributed by atoms with van der Waals surface area (Å²) in [6.07, 6.45) is 1.77. The van der Waals surface area contributed by atoms with Gasteiger partial charge in [-0.2, -0.15) is 0 Å². The average molecular weight is 386 g/mol. The van der Waals surface area contributed by atoms with Gasteiger partial charge in [-0.05, 0) is 36.8 Å². The highest BCUT2D eigenvalue weighted by Gasteiger charge is 2.15. The Labute approximate surface area is 159 Å². The molecule has 0 saturated heterocycles. The molecule has 1 N–H and O–H groups in total. The minimum atomic E-state index is 0.533. The number of fused-ring (bicyclic) bond motifs is 1. The molecule has 0 aliphatic carbocycles. The molecule has 6 nitrogen and oxygen atoms in total. The number of benzene rings is 2. The third-order valence-corrected chi connectivity index (χ3v) is 5.01. The van der Waals surface area contributed by atoms with E-state index in [1.165, 1.54) is 11.3 Å². The summed E-state index contributed by atoms with van der Waals surface area (Å²) < 4.78 is 6.21. The van der Waals surface area contributed by atoms with Crippen molar-refractivity contribution in [1.29, 1.82) is 0 Å². The van der Waals surface area contributed by atoms with Gasteiger partial charge in [0.2, 0.25) is 0 Å². The third-order valence-electron chi connectivity index (χ3n) is 3.90. The molecular weight excluding hydrogens is 370 g/mol. The van der Waals surface area contributed by atoms with E-state index < -0.39 is 0 Å². The van der Waals surface area contributed by atoms with Crippen molar-refractivity contribution in [2.24, 2.45) is 0 Å². The number of aryl methyl sites for hydroxylation is 1. The molecule has 0 aliphatic rings. The summed E-state index contributed by atoms with van der Waals surface area (Å²) in [5.41, 5.74) is 4.41. The Morgan fingerprint density at radius 3 is 2.54 bits per heavy atom. The van der Waals surface area contributed by atoms with Crippen molar-refractivity contribution in [3.05, 3.63) is 57.5 Å². The molecule has 0 atom stereocenters. The van der Waals surface area contributed by atoms with E-state index in [4.69, 9.17) is 16.3 Å². The third kappa shape index (κ3) is 3.23. The van der Waals surface area contributed by atoms with Crippen LogP contribution in [0.3, 0.4) is 0 Å². The number of aromatic nitrogens is 4. The van der Waals surface area contributed by atoms with E-state index in [-0.39, 0.29) is 0 Å². The fraction of sp³-hybridized carbons (Fsp3) is 0.167. The van der Waals surface area contributed by atoms with Crippen LogP contribution < -0.4 is 10.1 Å². The first-order valence-corrected chi connectivity index (χ1v) is 9.18. The van der Waals surface area contributed by atoms with E-state index >= 15 is 0 Å². The van der Waals surface area contributed by atoms with Crippen molar-refractivity contribution >= 4 is 39.7 Å². The maximum absolute atomic E-state index is 5.90. The molecule has 0 aliphatic heterocycles. The largest absolute Gasteiger partial charge is 0.492 e. The molecule has 0 unspecified atom stereocenters. The summed E-state index contributed by atoms with van der Waals surface area (Å²) >= 11 is 7.35. The molecule has 0 fully saturated rings. The van der Waals surface area contributed by atoms with Gasteiger partial charge in [-0.15, -0.1) is 26.3 Å². The summed E-state index contributed by atoms with van der Waals surface area (Å²) in [6.45, 7) is 2.64. The number of hydrogen-bond donors (Lipinski definition) is 1. The molecule has 4 rings (SSSR count). The van der Waals surface area contributed by atoms with Crippen LogP contribution in [0.5, 0.6) is 5.75 Å². The Kier molecular flexibility index (Phi) is 4.48. The van der Waals surface area contributed by atoms with Crippen LogP contribution in [0, 0.1) is 6.92 Å². The second kappa shape index (κ2) is 6.93. The molecule has 26 heavy (non-hydrogen) atoms. The summed E-state index contributed by atoms with van der Waals surface area (Å²) in [5, 5.41) is 12.5. The van der Waals surface area contributed by atoms with Gasteiger partial charge >= 0.3 is 0 Å². The number of halogens is 1. The van der Waals surface area contributed by atoms with Crippen LogP contribution >= 0.6 is 22.9 Å². The maximum atomic E-state index is 5.90. The molecule has 0 spiro atoms. The number of nitrogens with one attached hydrogen (secondary N) is 1. The number of ether oxygens (including phenoxy) is 1. The fourth-order valence-electron chi connectivity index (χ4n) is 2.76. The first kappa shape index (κ1) is 16.8. The van der Waals surface area contributed by atoms with Crippen molar-refractivity contribution in [3.63, 3.8) is 0 Å². The van der Waals surface area contributed by atoms with E-state index in [1.807, 2.05) is 43.3 Å². The topological polar surface area (TPSA) is 64.9 Å². The molecule has 132 valence electrons. The number of nitrogens with zero attached hydrogens (tertiary/aromatic N) is 4. The van der Waals surface area contributed by atoms with Crippen molar-refractivity contribution < 1.29 is 4.74 Å². The van der Waals surface area contributed by atoms with E-state index in [0.717, 1.165) is 32.8 Å². The van der Waals surface area contributed by atoms with Crippen LogP contribution in [0.4, 0.5) is 5.69 Å². The lowest BCUT2D eigenvalue weighted by molar-refractivity contribution is 0.411. The molecule has 0 radical (unpaired) electrons. The quantitative estimate of drug-likeness (QED) is 0.549. The standard InChI is InChI=1S/C18H16ClN5OS/c1-11-7-15(20-9-12-10-21-18(19)26-12)17(25-2)16(8-11)24-22-13-5-3-4-6-14(13)23-24/h3-8,10,20H,9H2,1-2H3. The van der Waals surface area contributed by atoms with Crippen molar-refractivity contribution in [2.75, 3.05) is 12.4 Å². The summed E-state index contributed by atoms with van der Waals surface area (Å²) in [6, 6.07) is 11.8. The second-order valence-corrected chi connectivity index (χ2v) is 7.47. The molecule has 2 aromatic heterocycles. The highest BCUT2D eigenvalue weighted by Crippen LogP contribution is 2.34. The molecule has 2 heterocycles. The van der Waals surface area contributed by atoms with Crippen LogP contribution in [0.1, 0.15) is 10.4 Å². The van der Waals surface area contributed by atoms with Gasteiger partial charge in [0.25, 0.3) is 0 Å². The van der Waals surface area contributed by atoms with Gasteiger partial charge in [0.05, 0.1) is 19.3 Å². The summed E-state index contributed by atoms with van der Waals surface area (Å²) in [7, 11) is 1.64. The van der Waals surface area contributed by atoms with Gasteiger partial charge in [-0.25, -0.2) is 4.98 Å². The second-order valence-electron chi connectivity index (χ2n) is 5.78. The average Bonchev–Trinajstić information content (AvgIpc) is 3.25. The number of anilines is 1. The summed E-state index contributed by atoms with van der Waals surface area (Å²) in [5.74, 6) is 0.687. The minimum Gasteiger partial charge on any atom is -0.492 e. The highest BCUT2D eigenvalue weighted by atomic mass is 35.5. The number of methoxy groups -OCH3 is 1. The summed E-state index contributed by atoms with van der Waals surface area (Å²) in [4.78, 5) is 6.73. The molecule has 8 heteroatoms. The van der Waals surface area contributed by atoms with Crippen molar-refractivity contribution in [3.8, 4) is 11.4 Å². The van der Waals surface area contributed by atoms with Crippen LogP contribution in [0.15, 0.2) is 42.6 Å². The van der Waals surface area contributed by atoms with Gasteiger partial charge < -0.3 is 10.1 Å². The Hall–Kier alpha value is -2.64. The normalized spacial score (nSPS) is 11.0. The fourth-order valence-corrected chi connectivity index (χ4v) is 3.68. The van der Waals surface area contributed by atoms with E-state index in [0.29, 0.717) is 16.8 Å². The first-order chi connectivity index (χ1) is 12.6. The van der Waals surface area contributed by atoms with Crippen molar-refractivity contribution in [1.82, 2.24) is 20.0 Å². The maximum Gasteiger partial charge on any atom is 0.183 e. The first-order valence-electron chi connectivity index (χ1n) is 7.99. The predicted octanol–water partition coefficient (Wildman–Crippen LogP) is 4.46. The van der Waals surface area contributed by atoms with Crippen molar-refractivity contribution in [2.45, 2.75) is 13.5 Å². The van der Waals surface area contributed by atoms with Gasteiger partial charge in [0, 0.05) is 11.1 Å². The molecular formula is C18H16ClN5OS. The lowest BCUT2D eigenvalue weighted by Gasteiger charge is -2.15. The van der Waals surface area contributed by atoms with Gasteiger partial charge in [0.1, 0.15) is 16.7 Å². The predicted molar refractivity (Wildman–Crippen MR) is 105 cm³/mol. The van der Waals surface area contributed by atoms with Crippen LogP contribution in [-0.2, 0) is 6.54 Å². The molecule has 2 aromatic carbocycles. The molecule has 0 bridgehead atoms. The lowest BCUT2D eigenvalue weighted by atomic mass is 10.1. The van der Waals surface area contributed by atoms with E-state index in [9.17, 15) is 0 Å². The Morgan fingerprint density at radius 1 is 1.19 bits per heavy atom. The minimum absolute atomic E-state index is 0.533. The van der Waals surface area contributed by atoms with Gasteiger partial charge in [-0.3, -0.25) is 0 Å². The Morgan fingerprint density at radius 2 is 1.92 bits per heavy atom. The zero-order chi connectivity index (χ0) is 18.1. The smallest absolute Gasteiger partial charge is 0.183 e. The number of rotatable bonds is 5. The highest BCUT2D eigenvalue weighted by molar-refractivity contribution is 7.15.